The molecule has 0 fully saturated rings. The number of halogens is 1. The van der Waals surface area contributed by atoms with Crippen LogP contribution in [0.2, 0.25) is 0 Å². The molecule has 0 radical (unpaired) electrons. The number of nitrogens with two attached hydrogens (primary N) is 1. The summed E-state index contributed by atoms with van der Waals surface area (Å²) >= 11 is 3.67. The maximum Gasteiger partial charge on any atom is 0.175 e. The minimum absolute atomic E-state index is 0.0300. The van der Waals surface area contributed by atoms with Gasteiger partial charge in [0.2, 0.25) is 0 Å². The van der Waals surface area contributed by atoms with Gasteiger partial charge in [-0.2, -0.15) is 5.26 Å². The van der Waals surface area contributed by atoms with Gasteiger partial charge in [-0.1, -0.05) is 44.2 Å². The van der Waals surface area contributed by atoms with E-state index in [1.807, 2.05) is 54.3 Å². The quantitative estimate of drug-likeness (QED) is 0.400. The van der Waals surface area contributed by atoms with Gasteiger partial charge in [0.1, 0.15) is 12.4 Å². The Hall–Kier alpha value is -3.28. The number of benzene rings is 2. The van der Waals surface area contributed by atoms with Crippen LogP contribution in [0, 0.1) is 16.7 Å². The molecule has 0 bridgehead atoms. The number of hydrogen-bond acceptors (Lipinski definition) is 7. The van der Waals surface area contributed by atoms with Crippen LogP contribution in [0.1, 0.15) is 50.7 Å². The normalized spacial score (nSPS) is 18.8. The standard InChI is InChI=1S/C30H34BrN3O4/c1-5-37-25-14-20(13-22(31)28(25)38-18-19-9-7-6-8-10-19)26-21(17-32)29(33)34(11-12-36-4)23-15-30(2,3)16-24(35)27(23)26/h6-10,13-14,26H,5,11-12,15-16,18,33H2,1-4H3/t26-/m0/s1. The van der Waals surface area contributed by atoms with Crippen LogP contribution < -0.4 is 15.2 Å². The third kappa shape index (κ3) is 5.59. The van der Waals surface area contributed by atoms with Crippen LogP contribution in [0.5, 0.6) is 11.5 Å². The van der Waals surface area contributed by atoms with E-state index >= 15 is 0 Å². The van der Waals surface area contributed by atoms with Gasteiger partial charge in [-0.05, 0) is 57.9 Å². The van der Waals surface area contributed by atoms with E-state index in [4.69, 9.17) is 19.9 Å². The van der Waals surface area contributed by atoms with Gasteiger partial charge in [0.05, 0.1) is 35.2 Å². The van der Waals surface area contributed by atoms with Crippen molar-refractivity contribution in [3.8, 4) is 17.6 Å². The summed E-state index contributed by atoms with van der Waals surface area (Å²) < 4.78 is 18.1. The highest BCUT2D eigenvalue weighted by Gasteiger charge is 2.44. The van der Waals surface area contributed by atoms with Gasteiger partial charge in [0.15, 0.2) is 17.3 Å². The lowest BCUT2D eigenvalue weighted by molar-refractivity contribution is -0.118. The Morgan fingerprint density at radius 2 is 1.92 bits per heavy atom. The largest absolute Gasteiger partial charge is 0.490 e. The molecular weight excluding hydrogens is 546 g/mol. The van der Waals surface area contributed by atoms with Crippen molar-refractivity contribution in [3.63, 3.8) is 0 Å². The van der Waals surface area contributed by atoms with E-state index in [0.717, 1.165) is 16.8 Å². The molecule has 2 aromatic carbocycles. The summed E-state index contributed by atoms with van der Waals surface area (Å²) in [7, 11) is 1.62. The molecule has 8 heteroatoms. The lowest BCUT2D eigenvalue weighted by Gasteiger charge is -2.43. The second-order valence-corrected chi connectivity index (χ2v) is 11.2. The Kier molecular flexibility index (Phi) is 8.49. The maximum atomic E-state index is 13.7. The SMILES string of the molecule is CCOc1cc([C@H]2C(C#N)=C(N)N(CCOC)C3=C2C(=O)CC(C)(C)C3)cc(Br)c1OCc1ccccc1. The number of carbonyl (C=O) groups is 1. The molecule has 7 nitrogen and oxygen atoms in total. The smallest absolute Gasteiger partial charge is 0.175 e. The molecule has 1 aliphatic carbocycles. The Bertz CT molecular complexity index is 1310. The van der Waals surface area contributed by atoms with Crippen molar-refractivity contribution in [3.05, 3.63) is 80.7 Å². The Labute approximate surface area is 233 Å². The average Bonchev–Trinajstić information content (AvgIpc) is 2.87. The molecule has 2 N–H and O–H groups in total. The zero-order chi connectivity index (χ0) is 27.4. The average molecular weight is 581 g/mol. The zero-order valence-corrected chi connectivity index (χ0v) is 23.9. The van der Waals surface area contributed by atoms with E-state index in [-0.39, 0.29) is 11.2 Å². The minimum Gasteiger partial charge on any atom is -0.490 e. The van der Waals surface area contributed by atoms with E-state index in [0.29, 0.717) is 72.1 Å². The second-order valence-electron chi connectivity index (χ2n) is 10.3. The van der Waals surface area contributed by atoms with Crippen LogP contribution in [-0.2, 0) is 16.1 Å². The van der Waals surface area contributed by atoms with Crippen LogP contribution in [0.4, 0.5) is 0 Å². The van der Waals surface area contributed by atoms with Crippen molar-refractivity contribution in [2.45, 2.75) is 46.1 Å². The number of hydrogen-bond donors (Lipinski definition) is 1. The fourth-order valence-corrected chi connectivity index (χ4v) is 5.81. The highest BCUT2D eigenvalue weighted by molar-refractivity contribution is 9.10. The molecule has 1 heterocycles. The summed E-state index contributed by atoms with van der Waals surface area (Å²) in [4.78, 5) is 15.6. The van der Waals surface area contributed by atoms with E-state index in [1.165, 1.54) is 0 Å². The number of allylic oxidation sites excluding steroid dienone is 3. The number of ketones is 1. The van der Waals surface area contributed by atoms with E-state index in [9.17, 15) is 10.1 Å². The Balaban J connectivity index is 1.83. The lowest BCUT2D eigenvalue weighted by atomic mass is 9.68. The first-order valence-corrected chi connectivity index (χ1v) is 13.6. The van der Waals surface area contributed by atoms with Gasteiger partial charge < -0.3 is 24.8 Å². The topological polar surface area (TPSA) is 97.8 Å². The number of rotatable bonds is 9. The van der Waals surface area contributed by atoms with Gasteiger partial charge >= 0.3 is 0 Å². The van der Waals surface area contributed by atoms with Gasteiger partial charge in [-0.25, -0.2) is 0 Å². The highest BCUT2D eigenvalue weighted by Crippen LogP contribution is 2.50. The zero-order valence-electron chi connectivity index (χ0n) is 22.3. The molecule has 2 aromatic rings. The first-order valence-electron chi connectivity index (χ1n) is 12.8. The van der Waals surface area contributed by atoms with Gasteiger partial charge in [-0.15, -0.1) is 0 Å². The number of nitriles is 1. The number of Topliss-reactive ketones (excluding diaryl/α,β-unsaturated/α-hetero) is 1. The second kappa shape index (κ2) is 11.6. The van der Waals surface area contributed by atoms with E-state index < -0.39 is 5.92 Å². The van der Waals surface area contributed by atoms with Crippen molar-refractivity contribution < 1.29 is 19.0 Å². The molecule has 0 unspecified atom stereocenters. The third-order valence-electron chi connectivity index (χ3n) is 6.90. The van der Waals surface area contributed by atoms with Crippen LogP contribution in [0.15, 0.2) is 69.6 Å². The van der Waals surface area contributed by atoms with Crippen LogP contribution in [0.3, 0.4) is 0 Å². The van der Waals surface area contributed by atoms with Crippen molar-refractivity contribution in [2.24, 2.45) is 11.1 Å². The Morgan fingerprint density at radius 3 is 2.58 bits per heavy atom. The maximum absolute atomic E-state index is 13.7. The number of methoxy groups -OCH3 is 1. The summed E-state index contributed by atoms with van der Waals surface area (Å²) in [6.07, 6.45) is 1.07. The molecule has 0 aromatic heterocycles. The number of ether oxygens (including phenoxy) is 3. The lowest BCUT2D eigenvalue weighted by Crippen LogP contribution is -2.43. The van der Waals surface area contributed by atoms with E-state index in [1.54, 1.807) is 7.11 Å². The Morgan fingerprint density at radius 1 is 1.18 bits per heavy atom. The van der Waals surface area contributed by atoms with Crippen molar-refractivity contribution in [1.29, 1.82) is 5.26 Å². The molecule has 0 saturated heterocycles. The highest BCUT2D eigenvalue weighted by atomic mass is 79.9. The van der Waals surface area contributed by atoms with Crippen molar-refractivity contribution in [2.75, 3.05) is 26.9 Å². The predicted octanol–water partition coefficient (Wildman–Crippen LogP) is 5.81. The molecule has 0 spiro atoms. The van der Waals surface area contributed by atoms with Crippen LogP contribution in [-0.4, -0.2) is 37.6 Å². The molecule has 1 aliphatic heterocycles. The van der Waals surface area contributed by atoms with Crippen LogP contribution >= 0.6 is 15.9 Å². The van der Waals surface area contributed by atoms with Gasteiger partial charge in [0, 0.05) is 31.3 Å². The summed E-state index contributed by atoms with van der Waals surface area (Å²) in [6, 6.07) is 16.0. The van der Waals surface area contributed by atoms with Crippen LogP contribution in [0.25, 0.3) is 0 Å². The molecule has 0 amide bonds. The van der Waals surface area contributed by atoms with Gasteiger partial charge in [0.25, 0.3) is 0 Å². The molecular formula is C30H34BrN3O4. The summed E-state index contributed by atoms with van der Waals surface area (Å²) in [6.45, 7) is 7.75. The summed E-state index contributed by atoms with van der Waals surface area (Å²) in [5.74, 6) is 0.893. The first-order chi connectivity index (χ1) is 18.2. The fourth-order valence-electron chi connectivity index (χ4n) is 5.23. The number of carbonyl (C=O) groups excluding carboxylic acids is 1. The first kappa shape index (κ1) is 27.7. The van der Waals surface area contributed by atoms with Crippen molar-refractivity contribution in [1.82, 2.24) is 4.90 Å². The van der Waals surface area contributed by atoms with Crippen molar-refractivity contribution >= 4 is 21.7 Å². The summed E-state index contributed by atoms with van der Waals surface area (Å²) in [5.41, 5.74) is 10.0. The van der Waals surface area contributed by atoms with E-state index in [2.05, 4.69) is 35.8 Å². The predicted molar refractivity (Wildman–Crippen MR) is 149 cm³/mol. The fraction of sp³-hybridized carbons (Fsp3) is 0.400. The third-order valence-corrected chi connectivity index (χ3v) is 7.49. The molecule has 2 aliphatic rings. The minimum atomic E-state index is -0.601. The van der Waals surface area contributed by atoms with Gasteiger partial charge in [-0.3, -0.25) is 4.79 Å². The molecule has 38 heavy (non-hydrogen) atoms. The monoisotopic (exact) mass is 579 g/mol. The molecule has 4 rings (SSSR count). The molecule has 200 valence electrons. The molecule has 1 atom stereocenters. The molecule has 0 saturated carbocycles. The summed E-state index contributed by atoms with van der Waals surface area (Å²) in [5, 5.41) is 10.3. The number of nitrogens with zero attached hydrogens (tertiary/aromatic N) is 2.